The van der Waals surface area contributed by atoms with E-state index in [1.54, 1.807) is 0 Å². The van der Waals surface area contributed by atoms with Crippen molar-refractivity contribution in [1.29, 1.82) is 0 Å². The van der Waals surface area contributed by atoms with Gasteiger partial charge in [0.2, 0.25) is 0 Å². The maximum absolute atomic E-state index is 14.7. The Balaban J connectivity index is 0.00000232. The molecular weight excluding hydrogens is 580 g/mol. The summed E-state index contributed by atoms with van der Waals surface area (Å²) in [6.45, 7) is 17.7. The van der Waals surface area contributed by atoms with Gasteiger partial charge in [0.05, 0.1) is 11.1 Å². The van der Waals surface area contributed by atoms with Gasteiger partial charge in [0.25, 0.3) is 0 Å². The lowest BCUT2D eigenvalue weighted by Crippen LogP contribution is -2.22. The van der Waals surface area contributed by atoms with Crippen LogP contribution in [0.4, 0.5) is 17.6 Å². The average molecular weight is 619 g/mol. The summed E-state index contributed by atoms with van der Waals surface area (Å²) in [5.41, 5.74) is 0.464. The molecule has 0 bridgehead atoms. The first-order valence-corrected chi connectivity index (χ1v) is 13.8. The molecule has 0 aliphatic carbocycles. The van der Waals surface area contributed by atoms with Gasteiger partial charge in [-0.1, -0.05) is 65.1 Å². The monoisotopic (exact) mass is 618 g/mol. The largest absolute Gasteiger partial charge is 0.457 e. The number of ether oxygens (including phenoxy) is 4. The van der Waals surface area contributed by atoms with Gasteiger partial charge in [0.15, 0.2) is 0 Å². The van der Waals surface area contributed by atoms with E-state index in [0.717, 1.165) is 48.5 Å². The normalized spacial score (nSPS) is 10.6. The third-order valence-corrected chi connectivity index (χ3v) is 5.33. The minimum atomic E-state index is -3.74. The molecule has 0 heterocycles. The van der Waals surface area contributed by atoms with E-state index in [4.69, 9.17) is 18.9 Å². The SMILES string of the molecule is C=C(C)C(=O)OCc1ccc(C(F)(F)Oc2ccc(OC(F)(F)c3ccc(COC(=O)C(=C)C)cc3)cc2)cc1.CC.CC. The Morgan fingerprint density at radius 1 is 0.568 bits per heavy atom. The highest BCUT2D eigenvalue weighted by Gasteiger charge is 2.36. The van der Waals surface area contributed by atoms with E-state index in [-0.39, 0.29) is 35.9 Å². The molecule has 6 nitrogen and oxygen atoms in total. The minimum Gasteiger partial charge on any atom is -0.457 e. The van der Waals surface area contributed by atoms with Crippen LogP contribution in [0.2, 0.25) is 0 Å². The highest BCUT2D eigenvalue weighted by atomic mass is 19.3. The molecule has 0 saturated carbocycles. The predicted octanol–water partition coefficient (Wildman–Crippen LogP) is 9.23. The van der Waals surface area contributed by atoms with Crippen LogP contribution in [0.1, 0.15) is 63.8 Å². The Hall–Kier alpha value is -4.60. The molecule has 0 aliphatic heterocycles. The summed E-state index contributed by atoms with van der Waals surface area (Å²) in [5, 5.41) is 0. The second-order valence-corrected chi connectivity index (χ2v) is 8.82. The van der Waals surface area contributed by atoms with Crippen molar-refractivity contribution in [3.8, 4) is 11.5 Å². The van der Waals surface area contributed by atoms with Crippen molar-refractivity contribution < 1.29 is 46.1 Å². The van der Waals surface area contributed by atoms with E-state index in [1.165, 1.54) is 38.1 Å². The molecule has 3 aromatic rings. The lowest BCUT2D eigenvalue weighted by Gasteiger charge is -2.20. The molecule has 0 saturated heterocycles. The van der Waals surface area contributed by atoms with Crippen molar-refractivity contribution in [3.63, 3.8) is 0 Å². The molecule has 0 aromatic heterocycles. The average Bonchev–Trinajstić information content (AvgIpc) is 3.01. The molecule has 3 aromatic carbocycles. The summed E-state index contributed by atoms with van der Waals surface area (Å²) >= 11 is 0. The number of rotatable bonds is 12. The zero-order chi connectivity index (χ0) is 33.5. The molecule has 0 radical (unpaired) electrons. The van der Waals surface area contributed by atoms with Crippen LogP contribution in [-0.4, -0.2) is 11.9 Å². The van der Waals surface area contributed by atoms with Gasteiger partial charge in [-0.2, -0.15) is 17.6 Å². The number of carbonyl (C=O) groups excluding carboxylic acids is 2. The Morgan fingerprint density at radius 3 is 1.09 bits per heavy atom. The first-order valence-electron chi connectivity index (χ1n) is 13.8. The van der Waals surface area contributed by atoms with E-state index in [1.807, 2.05) is 27.7 Å². The van der Waals surface area contributed by atoms with Crippen molar-refractivity contribution in [2.24, 2.45) is 0 Å². The van der Waals surface area contributed by atoms with Gasteiger partial charge in [-0.15, -0.1) is 0 Å². The van der Waals surface area contributed by atoms with E-state index < -0.39 is 35.3 Å². The molecule has 10 heteroatoms. The van der Waals surface area contributed by atoms with Gasteiger partial charge in [-0.25, -0.2) is 9.59 Å². The molecule has 44 heavy (non-hydrogen) atoms. The zero-order valence-electron chi connectivity index (χ0n) is 25.7. The first-order chi connectivity index (χ1) is 20.8. The van der Waals surface area contributed by atoms with Crippen LogP contribution in [0.15, 0.2) is 97.1 Å². The molecule has 238 valence electrons. The zero-order valence-corrected chi connectivity index (χ0v) is 25.7. The maximum Gasteiger partial charge on any atom is 0.426 e. The van der Waals surface area contributed by atoms with E-state index in [9.17, 15) is 27.2 Å². The Morgan fingerprint density at radius 2 is 0.841 bits per heavy atom. The van der Waals surface area contributed by atoms with Crippen LogP contribution >= 0.6 is 0 Å². The van der Waals surface area contributed by atoms with Gasteiger partial charge in [-0.05, 0) is 73.5 Å². The van der Waals surface area contributed by atoms with Crippen molar-refractivity contribution >= 4 is 11.9 Å². The number of halogens is 4. The topological polar surface area (TPSA) is 71.1 Å². The fourth-order valence-electron chi connectivity index (χ4n) is 3.12. The fourth-order valence-corrected chi connectivity index (χ4v) is 3.12. The quantitative estimate of drug-likeness (QED) is 0.115. The molecule has 0 aliphatic rings. The lowest BCUT2D eigenvalue weighted by molar-refractivity contribution is -0.188. The molecule has 0 unspecified atom stereocenters. The smallest absolute Gasteiger partial charge is 0.426 e. The second kappa shape index (κ2) is 17.5. The van der Waals surface area contributed by atoms with Gasteiger partial charge in [-0.3, -0.25) is 0 Å². The molecule has 0 N–H and O–H groups in total. The molecule has 0 amide bonds. The van der Waals surface area contributed by atoms with E-state index >= 15 is 0 Å². The number of hydrogen-bond acceptors (Lipinski definition) is 6. The third kappa shape index (κ3) is 11.6. The molecule has 0 fully saturated rings. The summed E-state index contributed by atoms with van der Waals surface area (Å²) < 4.78 is 78.1. The van der Waals surface area contributed by atoms with Crippen LogP contribution in [0.25, 0.3) is 0 Å². The second-order valence-electron chi connectivity index (χ2n) is 8.82. The highest BCUT2D eigenvalue weighted by molar-refractivity contribution is 5.87. The number of carbonyl (C=O) groups is 2. The molecule has 0 atom stereocenters. The standard InChI is InChI=1S/C30H26F4O6.2C2H6/c1-19(2)27(35)37-17-21-5-9-23(10-6-21)29(31,32)39-25-13-15-26(16-14-25)40-30(33,34)24-11-7-22(8-12-24)18-38-28(36)20(3)4;2*1-2/h5-16H,1,3,17-18H2,2,4H3;2*1-2H3. The minimum absolute atomic E-state index is 0.112. The first kappa shape index (κ1) is 37.4. The number of alkyl halides is 4. The lowest BCUT2D eigenvalue weighted by atomic mass is 10.1. The predicted molar refractivity (Wildman–Crippen MR) is 160 cm³/mol. The molecular formula is C34H38F4O6. The van der Waals surface area contributed by atoms with Crippen LogP contribution < -0.4 is 9.47 Å². The van der Waals surface area contributed by atoms with E-state index in [2.05, 4.69) is 13.2 Å². The summed E-state index contributed by atoms with van der Waals surface area (Å²) in [7, 11) is 0. The fraction of sp³-hybridized carbons (Fsp3) is 0.294. The van der Waals surface area contributed by atoms with Crippen LogP contribution in [0.3, 0.4) is 0 Å². The van der Waals surface area contributed by atoms with Crippen molar-refractivity contribution in [3.05, 3.63) is 119 Å². The number of hydrogen-bond donors (Lipinski definition) is 0. The Kier molecular flexibility index (Phi) is 14.9. The molecule has 3 rings (SSSR count). The number of benzene rings is 3. The Labute approximate surface area is 255 Å². The maximum atomic E-state index is 14.7. The summed E-state index contributed by atoms with van der Waals surface area (Å²) in [6.07, 6.45) is -7.47. The number of esters is 2. The van der Waals surface area contributed by atoms with Crippen LogP contribution in [0.5, 0.6) is 11.5 Å². The van der Waals surface area contributed by atoms with Crippen molar-refractivity contribution in [2.45, 2.75) is 67.0 Å². The van der Waals surface area contributed by atoms with Crippen LogP contribution in [0, 0.1) is 0 Å². The van der Waals surface area contributed by atoms with Crippen molar-refractivity contribution in [1.82, 2.24) is 0 Å². The third-order valence-electron chi connectivity index (χ3n) is 5.33. The summed E-state index contributed by atoms with van der Waals surface area (Å²) in [6, 6.07) is 14.2. The van der Waals surface area contributed by atoms with Crippen LogP contribution in [-0.2, 0) is 44.5 Å². The van der Waals surface area contributed by atoms with Gasteiger partial charge < -0.3 is 18.9 Å². The Bertz CT molecular complexity index is 1260. The van der Waals surface area contributed by atoms with Gasteiger partial charge in [0.1, 0.15) is 24.7 Å². The summed E-state index contributed by atoms with van der Waals surface area (Å²) in [4.78, 5) is 22.9. The van der Waals surface area contributed by atoms with Gasteiger partial charge >= 0.3 is 24.2 Å². The van der Waals surface area contributed by atoms with Crippen molar-refractivity contribution in [2.75, 3.05) is 0 Å². The van der Waals surface area contributed by atoms with Gasteiger partial charge in [0, 0.05) is 11.1 Å². The van der Waals surface area contributed by atoms with E-state index in [0.29, 0.717) is 11.1 Å². The highest BCUT2D eigenvalue weighted by Crippen LogP contribution is 2.35. The summed E-state index contributed by atoms with van der Waals surface area (Å²) in [5.74, 6) is -1.76. The molecule has 0 spiro atoms.